The molecular weight excluding hydrogens is 261 g/mol. The Labute approximate surface area is 109 Å². The third-order valence-corrected chi connectivity index (χ3v) is 2.89. The Morgan fingerprint density at radius 2 is 2.00 bits per heavy atom. The van der Waals surface area contributed by atoms with E-state index in [2.05, 4.69) is 0 Å². The molecule has 2 rings (SSSR count). The molecule has 5 heteroatoms. The van der Waals surface area contributed by atoms with E-state index in [1.807, 2.05) is 0 Å². The van der Waals surface area contributed by atoms with Crippen LogP contribution in [-0.4, -0.2) is 24.1 Å². The highest BCUT2D eigenvalue weighted by atomic mass is 35.5. The standard InChI is InChI=1S/C12H9Cl2NO2/c13-5-1-2-6-15-10-7-8(14)3-4-9(10)11(16)12(15)17/h1-4,7H,5-6H2. The first-order valence-corrected chi connectivity index (χ1v) is 5.93. The van der Waals surface area contributed by atoms with Crippen molar-refractivity contribution in [2.24, 2.45) is 0 Å². The van der Waals surface area contributed by atoms with Crippen molar-refractivity contribution in [3.8, 4) is 0 Å². The lowest BCUT2D eigenvalue weighted by atomic mass is 10.1. The second kappa shape index (κ2) is 4.90. The minimum absolute atomic E-state index is 0.324. The van der Waals surface area contributed by atoms with E-state index in [-0.39, 0.29) is 0 Å². The van der Waals surface area contributed by atoms with Gasteiger partial charge in [0.1, 0.15) is 0 Å². The highest BCUT2D eigenvalue weighted by molar-refractivity contribution is 6.52. The lowest BCUT2D eigenvalue weighted by molar-refractivity contribution is -0.114. The lowest BCUT2D eigenvalue weighted by Gasteiger charge is -2.13. The highest BCUT2D eigenvalue weighted by Gasteiger charge is 2.34. The average molecular weight is 270 g/mol. The number of ketones is 1. The van der Waals surface area contributed by atoms with Gasteiger partial charge in [-0.05, 0) is 18.2 Å². The predicted octanol–water partition coefficient (Wildman–Crippen LogP) is 2.66. The maximum absolute atomic E-state index is 11.7. The molecule has 1 amide bonds. The Kier molecular flexibility index (Phi) is 3.50. The van der Waals surface area contributed by atoms with Crippen LogP contribution in [0.4, 0.5) is 5.69 Å². The van der Waals surface area contributed by atoms with Gasteiger partial charge >= 0.3 is 0 Å². The van der Waals surface area contributed by atoms with Gasteiger partial charge in [-0.1, -0.05) is 23.8 Å². The first-order chi connectivity index (χ1) is 8.15. The summed E-state index contributed by atoms with van der Waals surface area (Å²) >= 11 is 11.4. The summed E-state index contributed by atoms with van der Waals surface area (Å²) in [5, 5.41) is 0.498. The number of hydrogen-bond acceptors (Lipinski definition) is 2. The number of fused-ring (bicyclic) bond motifs is 1. The van der Waals surface area contributed by atoms with E-state index in [4.69, 9.17) is 23.2 Å². The summed E-state index contributed by atoms with van der Waals surface area (Å²) < 4.78 is 0. The van der Waals surface area contributed by atoms with Crippen molar-refractivity contribution in [1.82, 2.24) is 0 Å². The van der Waals surface area contributed by atoms with Gasteiger partial charge in [0, 0.05) is 17.4 Å². The van der Waals surface area contributed by atoms with Crippen molar-refractivity contribution in [1.29, 1.82) is 0 Å². The summed E-state index contributed by atoms with van der Waals surface area (Å²) in [6.45, 7) is 0.324. The first kappa shape index (κ1) is 12.1. The summed E-state index contributed by atoms with van der Waals surface area (Å²) in [6.07, 6.45) is 3.47. The summed E-state index contributed by atoms with van der Waals surface area (Å²) in [5.74, 6) is -0.643. The molecular formula is C12H9Cl2NO2. The Morgan fingerprint density at radius 3 is 2.71 bits per heavy atom. The fourth-order valence-electron chi connectivity index (χ4n) is 1.69. The molecule has 3 nitrogen and oxygen atoms in total. The van der Waals surface area contributed by atoms with E-state index in [1.165, 1.54) is 4.90 Å². The third-order valence-electron chi connectivity index (χ3n) is 2.48. The van der Waals surface area contributed by atoms with E-state index in [1.54, 1.807) is 30.4 Å². The molecule has 0 aliphatic carbocycles. The van der Waals surface area contributed by atoms with Crippen molar-refractivity contribution in [2.45, 2.75) is 0 Å². The van der Waals surface area contributed by atoms with Gasteiger partial charge in [0.2, 0.25) is 0 Å². The average Bonchev–Trinajstić information content (AvgIpc) is 2.54. The molecule has 1 aliphatic rings. The van der Waals surface area contributed by atoms with Crippen molar-refractivity contribution in [3.63, 3.8) is 0 Å². The Hall–Kier alpha value is -1.32. The van der Waals surface area contributed by atoms with Gasteiger partial charge in [0.15, 0.2) is 0 Å². The zero-order valence-electron chi connectivity index (χ0n) is 8.82. The summed E-state index contributed by atoms with van der Waals surface area (Å²) in [5.41, 5.74) is 0.963. The molecule has 1 aromatic carbocycles. The van der Waals surface area contributed by atoms with Gasteiger partial charge in [-0.3, -0.25) is 9.59 Å². The summed E-state index contributed by atoms with van der Waals surface area (Å²) in [7, 11) is 0. The number of carbonyl (C=O) groups excluding carboxylic acids is 2. The number of alkyl halides is 1. The molecule has 1 aromatic rings. The van der Waals surface area contributed by atoms with Gasteiger partial charge in [0.25, 0.3) is 11.7 Å². The molecule has 1 aliphatic heterocycles. The van der Waals surface area contributed by atoms with Gasteiger partial charge in [-0.2, -0.15) is 0 Å². The van der Waals surface area contributed by atoms with Crippen molar-refractivity contribution < 1.29 is 9.59 Å². The molecule has 17 heavy (non-hydrogen) atoms. The number of nitrogens with zero attached hydrogens (tertiary/aromatic N) is 1. The van der Waals surface area contributed by atoms with Crippen LogP contribution in [0.3, 0.4) is 0 Å². The summed E-state index contributed by atoms with van der Waals surface area (Å²) in [6, 6.07) is 4.79. The molecule has 0 saturated carbocycles. The van der Waals surface area contributed by atoms with Gasteiger partial charge in [0.05, 0.1) is 11.3 Å². The van der Waals surface area contributed by atoms with Gasteiger partial charge in [-0.25, -0.2) is 0 Å². The van der Waals surface area contributed by atoms with E-state index >= 15 is 0 Å². The quantitative estimate of drug-likeness (QED) is 0.481. The second-order valence-corrected chi connectivity index (χ2v) is 4.28. The van der Waals surface area contributed by atoms with Crippen LogP contribution in [0.5, 0.6) is 0 Å². The van der Waals surface area contributed by atoms with E-state index < -0.39 is 11.7 Å². The Bertz CT molecular complexity index is 511. The molecule has 0 aromatic heterocycles. The minimum Gasteiger partial charge on any atom is -0.301 e. The lowest BCUT2D eigenvalue weighted by Crippen LogP contribution is -2.29. The van der Waals surface area contributed by atoms with Crippen LogP contribution in [0.2, 0.25) is 5.02 Å². The molecule has 0 fully saturated rings. The number of carbonyl (C=O) groups is 2. The molecule has 0 N–H and O–H groups in total. The second-order valence-electron chi connectivity index (χ2n) is 3.53. The third kappa shape index (κ3) is 2.21. The van der Waals surface area contributed by atoms with Crippen LogP contribution in [0.15, 0.2) is 30.4 Å². The maximum Gasteiger partial charge on any atom is 0.299 e. The highest BCUT2D eigenvalue weighted by Crippen LogP contribution is 2.31. The Morgan fingerprint density at radius 1 is 1.24 bits per heavy atom. The summed E-state index contributed by atoms with van der Waals surface area (Å²) in [4.78, 5) is 24.8. The van der Waals surface area contributed by atoms with Crippen molar-refractivity contribution >= 4 is 40.6 Å². The zero-order chi connectivity index (χ0) is 12.4. The number of benzene rings is 1. The van der Waals surface area contributed by atoms with Crippen molar-refractivity contribution in [3.05, 3.63) is 40.9 Å². The molecule has 0 radical (unpaired) electrons. The number of amides is 1. The molecule has 1 heterocycles. The monoisotopic (exact) mass is 269 g/mol. The van der Waals surface area contributed by atoms with Crippen LogP contribution in [0, 0.1) is 0 Å². The smallest absolute Gasteiger partial charge is 0.299 e. The van der Waals surface area contributed by atoms with Crippen LogP contribution in [-0.2, 0) is 4.79 Å². The zero-order valence-corrected chi connectivity index (χ0v) is 10.3. The topological polar surface area (TPSA) is 37.4 Å². The van der Waals surface area contributed by atoms with Gasteiger partial charge < -0.3 is 4.90 Å². The minimum atomic E-state index is -0.526. The van der Waals surface area contributed by atoms with Crippen LogP contribution < -0.4 is 4.90 Å². The van der Waals surface area contributed by atoms with Crippen LogP contribution >= 0.6 is 23.2 Å². The number of Topliss-reactive ketones (excluding diaryl/α,β-unsaturated/α-hetero) is 1. The number of hydrogen-bond donors (Lipinski definition) is 0. The van der Waals surface area contributed by atoms with E-state index in [0.717, 1.165) is 0 Å². The molecule has 0 bridgehead atoms. The van der Waals surface area contributed by atoms with Crippen LogP contribution in [0.1, 0.15) is 10.4 Å². The molecule has 0 saturated heterocycles. The molecule has 0 atom stereocenters. The number of rotatable bonds is 3. The van der Waals surface area contributed by atoms with E-state index in [9.17, 15) is 9.59 Å². The number of halogens is 2. The number of allylic oxidation sites excluding steroid dienone is 1. The largest absolute Gasteiger partial charge is 0.301 e. The fraction of sp³-hybridized carbons (Fsp3) is 0.167. The van der Waals surface area contributed by atoms with E-state index in [0.29, 0.717) is 28.7 Å². The maximum atomic E-state index is 11.7. The van der Waals surface area contributed by atoms with Crippen LogP contribution in [0.25, 0.3) is 0 Å². The van der Waals surface area contributed by atoms with Crippen molar-refractivity contribution in [2.75, 3.05) is 17.3 Å². The fourth-order valence-corrected chi connectivity index (χ4v) is 1.98. The molecule has 88 valence electrons. The predicted molar refractivity (Wildman–Crippen MR) is 68.0 cm³/mol. The molecule has 0 spiro atoms. The SMILES string of the molecule is O=C1C(=O)N(CC=CCCl)c2cc(Cl)ccc21. The Balaban J connectivity index is 2.36. The molecule has 0 unspecified atom stereocenters. The normalized spacial score (nSPS) is 14.8. The first-order valence-electron chi connectivity index (χ1n) is 5.02. The number of anilines is 1. The van der Waals surface area contributed by atoms with Gasteiger partial charge in [-0.15, -0.1) is 11.6 Å².